The van der Waals surface area contributed by atoms with Crippen molar-refractivity contribution >= 4 is 5.91 Å². The van der Waals surface area contributed by atoms with Crippen molar-refractivity contribution < 1.29 is 14.1 Å². The molecule has 0 saturated carbocycles. The minimum absolute atomic E-state index is 0.171. The minimum Gasteiger partial charge on any atom is -0.377 e. The first-order chi connectivity index (χ1) is 13.1. The molecule has 0 bridgehead atoms. The summed E-state index contributed by atoms with van der Waals surface area (Å²) in [6, 6.07) is 11.4. The Bertz CT molecular complexity index is 961. The molecule has 0 spiro atoms. The molecule has 0 radical (unpaired) electrons. The summed E-state index contributed by atoms with van der Waals surface area (Å²) in [5.74, 6) is 0.0836. The molecule has 1 amide bonds. The van der Waals surface area contributed by atoms with Crippen LogP contribution in [0.15, 0.2) is 40.9 Å². The van der Waals surface area contributed by atoms with Crippen LogP contribution in [0, 0.1) is 20.8 Å². The molecule has 0 aliphatic carbocycles. The number of hydrogen-bond donors (Lipinski definition) is 0. The van der Waals surface area contributed by atoms with E-state index in [0.717, 1.165) is 22.6 Å². The van der Waals surface area contributed by atoms with Crippen LogP contribution in [0.5, 0.6) is 0 Å². The second-order valence-corrected chi connectivity index (χ2v) is 6.75. The summed E-state index contributed by atoms with van der Waals surface area (Å²) < 4.78 is 12.8. The zero-order valence-corrected chi connectivity index (χ0v) is 15.7. The number of nitrogens with zero attached hydrogens (tertiary/aromatic N) is 4. The zero-order chi connectivity index (χ0) is 19.0. The van der Waals surface area contributed by atoms with E-state index in [1.54, 1.807) is 17.9 Å². The van der Waals surface area contributed by atoms with Gasteiger partial charge in [0.1, 0.15) is 0 Å². The number of carbonyl (C=O) groups excluding carboxylic acids is 1. The molecule has 140 valence electrons. The third-order valence-electron chi connectivity index (χ3n) is 4.91. The van der Waals surface area contributed by atoms with Gasteiger partial charge in [-0.2, -0.15) is 5.10 Å². The van der Waals surface area contributed by atoms with Gasteiger partial charge in [-0.25, -0.2) is 4.68 Å². The second-order valence-electron chi connectivity index (χ2n) is 6.75. The minimum atomic E-state index is -0.214. The van der Waals surface area contributed by atoms with E-state index in [-0.39, 0.29) is 17.7 Å². The predicted molar refractivity (Wildman–Crippen MR) is 98.9 cm³/mol. The summed E-state index contributed by atoms with van der Waals surface area (Å²) in [4.78, 5) is 14.8. The number of para-hydroxylation sites is 1. The highest BCUT2D eigenvalue weighted by Crippen LogP contribution is 2.31. The lowest BCUT2D eigenvalue weighted by Crippen LogP contribution is -2.43. The Labute approximate surface area is 157 Å². The number of amides is 1. The first-order valence-electron chi connectivity index (χ1n) is 9.00. The van der Waals surface area contributed by atoms with Crippen molar-refractivity contribution in [2.75, 3.05) is 19.8 Å². The SMILES string of the molecule is Cc1cc(C(=O)N2CCOC[C@H]2c2c(C)nn(-c3ccccc3)c2C)on1. The Morgan fingerprint density at radius 2 is 1.96 bits per heavy atom. The quantitative estimate of drug-likeness (QED) is 0.712. The van der Waals surface area contributed by atoms with Crippen LogP contribution in [0.1, 0.15) is 39.2 Å². The molecule has 27 heavy (non-hydrogen) atoms. The smallest absolute Gasteiger partial charge is 0.293 e. The number of morpholine rings is 1. The van der Waals surface area contributed by atoms with Gasteiger partial charge in [-0.15, -0.1) is 0 Å². The van der Waals surface area contributed by atoms with Gasteiger partial charge in [-0.05, 0) is 32.9 Å². The summed E-state index contributed by atoms with van der Waals surface area (Å²) in [6.07, 6.45) is 0. The normalized spacial score (nSPS) is 17.3. The van der Waals surface area contributed by atoms with Gasteiger partial charge in [-0.1, -0.05) is 23.4 Å². The van der Waals surface area contributed by atoms with Crippen molar-refractivity contribution in [1.82, 2.24) is 19.8 Å². The molecule has 1 fully saturated rings. The Kier molecular flexibility index (Phi) is 4.53. The van der Waals surface area contributed by atoms with Crippen molar-refractivity contribution in [2.45, 2.75) is 26.8 Å². The molecule has 1 aliphatic heterocycles. The number of hydrogen-bond acceptors (Lipinski definition) is 5. The molecule has 7 nitrogen and oxygen atoms in total. The monoisotopic (exact) mass is 366 g/mol. The number of aromatic nitrogens is 3. The molecule has 0 unspecified atom stereocenters. The van der Waals surface area contributed by atoms with E-state index in [0.29, 0.717) is 25.5 Å². The fraction of sp³-hybridized carbons (Fsp3) is 0.350. The van der Waals surface area contributed by atoms with Gasteiger partial charge in [0.05, 0.1) is 36.3 Å². The molecule has 4 rings (SSSR count). The summed E-state index contributed by atoms with van der Waals surface area (Å²) in [5.41, 5.74) is 4.58. The summed E-state index contributed by atoms with van der Waals surface area (Å²) in [7, 11) is 0. The predicted octanol–water partition coefficient (Wildman–Crippen LogP) is 3.00. The summed E-state index contributed by atoms with van der Waals surface area (Å²) in [5, 5.41) is 8.55. The van der Waals surface area contributed by atoms with Crippen molar-refractivity contribution in [3.63, 3.8) is 0 Å². The van der Waals surface area contributed by atoms with Gasteiger partial charge < -0.3 is 14.2 Å². The molecule has 7 heteroatoms. The maximum atomic E-state index is 13.0. The van der Waals surface area contributed by atoms with E-state index < -0.39 is 0 Å². The molecule has 1 aliphatic rings. The topological polar surface area (TPSA) is 73.4 Å². The average Bonchev–Trinajstić information content (AvgIpc) is 3.25. The molecular weight excluding hydrogens is 344 g/mol. The molecular formula is C20H22N4O3. The van der Waals surface area contributed by atoms with Crippen LogP contribution in [-0.2, 0) is 4.74 Å². The summed E-state index contributed by atoms with van der Waals surface area (Å²) in [6.45, 7) is 7.23. The second kappa shape index (κ2) is 7.00. The van der Waals surface area contributed by atoms with Gasteiger partial charge in [0.25, 0.3) is 5.91 Å². The van der Waals surface area contributed by atoms with Crippen molar-refractivity contribution in [2.24, 2.45) is 0 Å². The van der Waals surface area contributed by atoms with E-state index in [2.05, 4.69) is 5.16 Å². The lowest BCUT2D eigenvalue weighted by Gasteiger charge is -2.35. The van der Waals surface area contributed by atoms with Crippen LogP contribution in [0.25, 0.3) is 5.69 Å². The first-order valence-corrected chi connectivity index (χ1v) is 9.00. The molecule has 0 N–H and O–H groups in total. The van der Waals surface area contributed by atoms with Crippen molar-refractivity contribution in [3.8, 4) is 5.69 Å². The number of ether oxygens (including phenoxy) is 1. The standard InChI is InChI=1S/C20H22N4O3/c1-13-11-18(27-22-13)20(25)23-9-10-26-12-17(23)19-14(2)21-24(15(19)3)16-7-5-4-6-8-16/h4-8,11,17H,9-10,12H2,1-3H3/t17-/m0/s1. The fourth-order valence-corrected chi connectivity index (χ4v) is 3.65. The van der Waals surface area contributed by atoms with Crippen molar-refractivity contribution in [1.29, 1.82) is 0 Å². The molecule has 1 atom stereocenters. The number of rotatable bonds is 3. The Balaban J connectivity index is 1.72. The van der Waals surface area contributed by atoms with Crippen LogP contribution < -0.4 is 0 Å². The van der Waals surface area contributed by atoms with Crippen LogP contribution in [0.2, 0.25) is 0 Å². The lowest BCUT2D eigenvalue weighted by molar-refractivity contribution is -0.00498. The molecule has 1 aromatic carbocycles. The van der Waals surface area contributed by atoms with Gasteiger partial charge in [0, 0.05) is 23.9 Å². The van der Waals surface area contributed by atoms with Crippen LogP contribution >= 0.6 is 0 Å². The molecule has 3 aromatic rings. The fourth-order valence-electron chi connectivity index (χ4n) is 3.65. The highest BCUT2D eigenvalue weighted by molar-refractivity contribution is 5.92. The largest absolute Gasteiger partial charge is 0.377 e. The molecule has 1 saturated heterocycles. The van der Waals surface area contributed by atoms with Crippen molar-refractivity contribution in [3.05, 3.63) is 64.8 Å². The van der Waals surface area contributed by atoms with Gasteiger partial charge in [0.15, 0.2) is 0 Å². The summed E-state index contributed by atoms with van der Waals surface area (Å²) >= 11 is 0. The maximum Gasteiger partial charge on any atom is 0.293 e. The zero-order valence-electron chi connectivity index (χ0n) is 15.7. The molecule has 2 aromatic heterocycles. The van der Waals surface area contributed by atoms with Crippen LogP contribution in [0.3, 0.4) is 0 Å². The first kappa shape index (κ1) is 17.5. The van der Waals surface area contributed by atoms with Crippen LogP contribution in [-0.4, -0.2) is 45.5 Å². The average molecular weight is 366 g/mol. The van der Waals surface area contributed by atoms with Crippen LogP contribution in [0.4, 0.5) is 0 Å². The highest BCUT2D eigenvalue weighted by Gasteiger charge is 2.34. The van der Waals surface area contributed by atoms with E-state index in [1.165, 1.54) is 0 Å². The van der Waals surface area contributed by atoms with Gasteiger partial charge in [0.2, 0.25) is 5.76 Å². The number of benzene rings is 1. The Morgan fingerprint density at radius 1 is 1.19 bits per heavy atom. The third-order valence-corrected chi connectivity index (χ3v) is 4.91. The molecule has 3 heterocycles. The maximum absolute atomic E-state index is 13.0. The number of aryl methyl sites for hydroxylation is 2. The Morgan fingerprint density at radius 3 is 2.67 bits per heavy atom. The van der Waals surface area contributed by atoms with E-state index in [1.807, 2.05) is 48.9 Å². The van der Waals surface area contributed by atoms with E-state index >= 15 is 0 Å². The van der Waals surface area contributed by atoms with E-state index in [9.17, 15) is 4.79 Å². The van der Waals surface area contributed by atoms with E-state index in [4.69, 9.17) is 14.4 Å². The Hall–Kier alpha value is -2.93. The van der Waals surface area contributed by atoms with Gasteiger partial charge in [-0.3, -0.25) is 4.79 Å². The van der Waals surface area contributed by atoms with Gasteiger partial charge >= 0.3 is 0 Å². The number of carbonyl (C=O) groups is 1. The third kappa shape index (κ3) is 3.14. The highest BCUT2D eigenvalue weighted by atomic mass is 16.5. The lowest BCUT2D eigenvalue weighted by atomic mass is 10.0.